The van der Waals surface area contributed by atoms with Gasteiger partial charge >= 0.3 is 7.12 Å². The molecule has 0 atom stereocenters. The Morgan fingerprint density at radius 2 is 1.15 bits per heavy atom. The van der Waals surface area contributed by atoms with Gasteiger partial charge in [0.05, 0.1) is 22.2 Å². The number of hydrogen-bond donors (Lipinski definition) is 0. The second kappa shape index (κ2) is 19.1. The van der Waals surface area contributed by atoms with Crippen molar-refractivity contribution in [1.82, 2.24) is 4.57 Å². The number of benzene rings is 8. The summed E-state index contributed by atoms with van der Waals surface area (Å²) in [5.74, 6) is 3.07. The summed E-state index contributed by atoms with van der Waals surface area (Å²) in [6.07, 6.45) is 10.7. The van der Waals surface area contributed by atoms with E-state index >= 15 is 0 Å². The van der Waals surface area contributed by atoms with Crippen molar-refractivity contribution in [2.24, 2.45) is 0 Å². The van der Waals surface area contributed by atoms with E-state index in [2.05, 4.69) is 248 Å². The minimum Gasteiger partial charge on any atom is -0.399 e. The predicted octanol–water partition coefficient (Wildman–Crippen LogP) is 15.8. The second-order valence-electron chi connectivity index (χ2n) is 18.9. The van der Waals surface area contributed by atoms with Crippen molar-refractivity contribution in [3.8, 4) is 51.4 Å². The zero-order chi connectivity index (χ0) is 47.6. The Morgan fingerprint density at radius 1 is 0.529 bits per heavy atom. The normalized spacial score (nSPS) is 14.4. The van der Waals surface area contributed by atoms with Crippen molar-refractivity contribution >= 4 is 45.5 Å². The Kier molecular flexibility index (Phi) is 12.8. The number of allylic oxidation sites excluding steroid dienone is 4. The van der Waals surface area contributed by atoms with Crippen molar-refractivity contribution in [3.05, 3.63) is 228 Å². The molecular weight excluding hydrogens is 826 g/mol. The molecule has 1 saturated heterocycles. The molecule has 9 aromatic rings. The molecule has 1 aliphatic rings. The van der Waals surface area contributed by atoms with Gasteiger partial charge in [-0.15, -0.1) is 6.42 Å². The molecule has 0 aliphatic carbocycles. The van der Waals surface area contributed by atoms with Crippen LogP contribution in [0, 0.1) is 33.1 Å². The fraction of sp³-hybridized carbons (Fsp3) is 0.156. The number of aryl methyl sites for hydroxylation is 3. The monoisotopic (exact) mass is 883 g/mol. The lowest BCUT2D eigenvalue weighted by Crippen LogP contribution is -2.41. The maximum absolute atomic E-state index is 6.65. The summed E-state index contributed by atoms with van der Waals surface area (Å²) in [7, 11) is -0.565. The molecule has 0 bridgehead atoms. The van der Waals surface area contributed by atoms with E-state index in [-0.39, 0.29) is 0 Å². The average molecular weight is 884 g/mol. The third-order valence-corrected chi connectivity index (χ3v) is 13.7. The van der Waals surface area contributed by atoms with E-state index in [4.69, 9.17) is 15.7 Å². The minimum absolute atomic E-state index is 0.501. The molecule has 334 valence electrons. The lowest BCUT2D eigenvalue weighted by Gasteiger charge is -2.32. The predicted molar refractivity (Wildman–Crippen MR) is 290 cm³/mol. The Hall–Kier alpha value is -7.42. The van der Waals surface area contributed by atoms with Crippen LogP contribution >= 0.6 is 0 Å². The molecule has 0 spiro atoms. The first-order valence-electron chi connectivity index (χ1n) is 23.6. The van der Waals surface area contributed by atoms with Crippen LogP contribution in [0.15, 0.2) is 200 Å². The zero-order valence-corrected chi connectivity index (χ0v) is 40.5. The Bertz CT molecular complexity index is 3390. The van der Waals surface area contributed by atoms with E-state index in [1.54, 1.807) is 0 Å². The van der Waals surface area contributed by atoms with Crippen LogP contribution in [0.1, 0.15) is 62.4 Å². The van der Waals surface area contributed by atoms with Gasteiger partial charge in [0.15, 0.2) is 0 Å². The molecule has 0 unspecified atom stereocenters. The van der Waals surface area contributed by atoms with Crippen LogP contribution in [0.25, 0.3) is 72.0 Å². The Labute approximate surface area is 403 Å². The number of nitrogens with zero attached hydrogens (tertiary/aromatic N) is 1. The van der Waals surface area contributed by atoms with Crippen LogP contribution in [-0.4, -0.2) is 22.9 Å². The van der Waals surface area contributed by atoms with Crippen LogP contribution in [-0.2, 0) is 9.31 Å². The summed E-state index contributed by atoms with van der Waals surface area (Å²) >= 11 is 0. The molecule has 3 nitrogen and oxygen atoms in total. The second-order valence-corrected chi connectivity index (χ2v) is 18.9. The van der Waals surface area contributed by atoms with E-state index in [0.29, 0.717) is 0 Å². The van der Waals surface area contributed by atoms with E-state index in [1.165, 1.54) is 49.6 Å². The molecule has 1 aliphatic heterocycles. The number of terminal acetylenes is 1. The number of hydrogen-bond acceptors (Lipinski definition) is 2. The van der Waals surface area contributed by atoms with E-state index < -0.39 is 18.3 Å². The number of fused-ring (bicyclic) bond motifs is 3. The SMILES string of the molecule is C#C/C(=C\C(=C/C)c1ccc(C)c(-c2ccccc2C)c1)c1cc(B2OC(C)(C)C(C)(C)O2)cc(-c2cccc(-c3ccc4c(c3)c3ccccc3n4-c3ccccc3)c2)c1.Cc1ccccc1. The van der Waals surface area contributed by atoms with Crippen LogP contribution < -0.4 is 5.46 Å². The summed E-state index contributed by atoms with van der Waals surface area (Å²) in [5, 5.41) is 2.45. The number of aromatic nitrogens is 1. The van der Waals surface area contributed by atoms with Gasteiger partial charge in [0, 0.05) is 22.0 Å². The molecule has 4 heteroatoms. The van der Waals surface area contributed by atoms with Gasteiger partial charge in [-0.25, -0.2) is 0 Å². The highest BCUT2D eigenvalue weighted by Crippen LogP contribution is 2.39. The third-order valence-electron chi connectivity index (χ3n) is 13.7. The fourth-order valence-corrected chi connectivity index (χ4v) is 9.17. The summed E-state index contributed by atoms with van der Waals surface area (Å²) in [6, 6.07) is 66.9. The highest BCUT2D eigenvalue weighted by atomic mass is 16.7. The van der Waals surface area contributed by atoms with Gasteiger partial charge < -0.3 is 13.9 Å². The van der Waals surface area contributed by atoms with Crippen molar-refractivity contribution in [3.63, 3.8) is 0 Å². The van der Waals surface area contributed by atoms with Crippen molar-refractivity contribution in [1.29, 1.82) is 0 Å². The molecule has 10 rings (SSSR count). The van der Waals surface area contributed by atoms with Crippen LogP contribution in [0.3, 0.4) is 0 Å². The number of rotatable bonds is 8. The first-order valence-corrected chi connectivity index (χ1v) is 23.6. The quantitative estimate of drug-likeness (QED) is 0.0862. The molecule has 0 radical (unpaired) electrons. The van der Waals surface area contributed by atoms with Crippen molar-refractivity contribution in [2.75, 3.05) is 0 Å². The molecule has 1 fully saturated rings. The average Bonchev–Trinajstić information content (AvgIpc) is 3.80. The third kappa shape index (κ3) is 9.17. The molecule has 2 heterocycles. The van der Waals surface area contributed by atoms with Crippen LogP contribution in [0.2, 0.25) is 0 Å². The van der Waals surface area contributed by atoms with Gasteiger partial charge in [-0.1, -0.05) is 157 Å². The highest BCUT2D eigenvalue weighted by molar-refractivity contribution is 6.62. The van der Waals surface area contributed by atoms with Gasteiger partial charge in [-0.05, 0) is 177 Å². The molecule has 0 N–H and O–H groups in total. The van der Waals surface area contributed by atoms with E-state index in [9.17, 15) is 0 Å². The van der Waals surface area contributed by atoms with Gasteiger partial charge in [0.2, 0.25) is 0 Å². The summed E-state index contributed by atoms with van der Waals surface area (Å²) in [5.41, 5.74) is 18.0. The summed E-state index contributed by atoms with van der Waals surface area (Å²) in [4.78, 5) is 0. The first kappa shape index (κ1) is 45.7. The number of para-hydroxylation sites is 2. The van der Waals surface area contributed by atoms with Gasteiger partial charge in [0.1, 0.15) is 0 Å². The molecule has 1 aromatic heterocycles. The standard InChI is InChI=1S/C57H50BNO2.C7H8/c1-9-40(44-28-27-39(4)52(36-44)50-24-15-14-19-38(50)3)31-41(10-2)46-33-47(35-48(34-46)58-60-56(5,6)57(7,8)61-58)43-21-18-20-42(32-43)45-29-30-55-53(37-45)51-25-16-17-26-54(51)59(55)49-22-12-11-13-23-49;1-7-5-3-2-4-6-7/h2,9,11-37H,1,3-8H3;2-6H,1H3/b40-9+,41-31+;. The minimum atomic E-state index is -0.565. The fourth-order valence-electron chi connectivity index (χ4n) is 9.17. The summed E-state index contributed by atoms with van der Waals surface area (Å²) in [6.45, 7) is 16.9. The smallest absolute Gasteiger partial charge is 0.399 e. The van der Waals surface area contributed by atoms with Gasteiger partial charge in [-0.2, -0.15) is 0 Å². The zero-order valence-electron chi connectivity index (χ0n) is 40.5. The lowest BCUT2D eigenvalue weighted by atomic mass is 9.76. The van der Waals surface area contributed by atoms with Gasteiger partial charge in [0.25, 0.3) is 0 Å². The van der Waals surface area contributed by atoms with E-state index in [1.807, 2.05) is 18.2 Å². The van der Waals surface area contributed by atoms with Crippen molar-refractivity contribution in [2.45, 2.75) is 66.6 Å². The molecular formula is C64H58BNO2. The van der Waals surface area contributed by atoms with Crippen LogP contribution in [0.5, 0.6) is 0 Å². The topological polar surface area (TPSA) is 23.4 Å². The maximum atomic E-state index is 6.65. The van der Waals surface area contributed by atoms with Gasteiger partial charge in [-0.3, -0.25) is 0 Å². The largest absolute Gasteiger partial charge is 0.494 e. The highest BCUT2D eigenvalue weighted by Gasteiger charge is 2.51. The molecule has 0 amide bonds. The Morgan fingerprint density at radius 3 is 1.82 bits per heavy atom. The van der Waals surface area contributed by atoms with Crippen LogP contribution in [0.4, 0.5) is 0 Å². The first-order chi connectivity index (χ1) is 32.8. The lowest BCUT2D eigenvalue weighted by molar-refractivity contribution is 0.00578. The molecule has 68 heavy (non-hydrogen) atoms. The van der Waals surface area contributed by atoms with Crippen molar-refractivity contribution < 1.29 is 9.31 Å². The Balaban J connectivity index is 0.000000758. The molecule has 8 aromatic carbocycles. The summed E-state index contributed by atoms with van der Waals surface area (Å²) < 4.78 is 15.7. The molecule has 0 saturated carbocycles. The van der Waals surface area contributed by atoms with E-state index in [0.717, 1.165) is 55.7 Å². The maximum Gasteiger partial charge on any atom is 0.494 e.